The van der Waals surface area contributed by atoms with Crippen LogP contribution in [0.5, 0.6) is 5.75 Å². The Morgan fingerprint density at radius 1 is 1.44 bits per heavy atom. The van der Waals surface area contributed by atoms with E-state index in [4.69, 9.17) is 17.0 Å². The fourth-order valence-electron chi connectivity index (χ4n) is 1.13. The van der Waals surface area contributed by atoms with Gasteiger partial charge in [-0.3, -0.25) is 4.79 Å². The van der Waals surface area contributed by atoms with Gasteiger partial charge in [0.1, 0.15) is 5.75 Å². The van der Waals surface area contributed by atoms with Gasteiger partial charge in [0, 0.05) is 25.8 Å². The third-order valence-corrected chi connectivity index (χ3v) is 3.21. The number of methoxy groups -OCH3 is 1. The van der Waals surface area contributed by atoms with Crippen molar-refractivity contribution in [3.63, 3.8) is 0 Å². The van der Waals surface area contributed by atoms with Gasteiger partial charge < -0.3 is 14.4 Å². The van der Waals surface area contributed by atoms with E-state index in [1.165, 1.54) is 7.11 Å². The minimum Gasteiger partial charge on any atom is -0.468 e. The molecule has 0 radical (unpaired) electrons. The molecular weight excluding hydrogens is 270 g/mol. The standard InChI is InChI=1S/C12H15NO3S2/c1-13(2)9-5-4-6-10(7-9)16-12(17)18-8-11(14)15-3/h4-7H,8H2,1-3H3. The van der Waals surface area contributed by atoms with Crippen LogP contribution >= 0.6 is 24.0 Å². The molecule has 0 aliphatic carbocycles. The summed E-state index contributed by atoms with van der Waals surface area (Å²) in [4.78, 5) is 12.9. The Morgan fingerprint density at radius 3 is 2.78 bits per heavy atom. The summed E-state index contributed by atoms with van der Waals surface area (Å²) in [6.07, 6.45) is 0. The number of rotatable bonds is 4. The lowest BCUT2D eigenvalue weighted by Gasteiger charge is -2.13. The molecule has 1 aromatic carbocycles. The number of anilines is 1. The third kappa shape index (κ3) is 4.93. The van der Waals surface area contributed by atoms with Crippen molar-refractivity contribution in [2.45, 2.75) is 0 Å². The van der Waals surface area contributed by atoms with Crippen molar-refractivity contribution in [3.05, 3.63) is 24.3 Å². The number of hydrogen-bond acceptors (Lipinski definition) is 6. The Hall–Kier alpha value is -1.27. The van der Waals surface area contributed by atoms with Gasteiger partial charge in [-0.25, -0.2) is 0 Å². The maximum absolute atomic E-state index is 10.9. The van der Waals surface area contributed by atoms with Gasteiger partial charge in [-0.1, -0.05) is 17.8 Å². The first-order valence-electron chi connectivity index (χ1n) is 5.21. The van der Waals surface area contributed by atoms with E-state index in [2.05, 4.69) is 4.74 Å². The molecule has 0 aromatic heterocycles. The van der Waals surface area contributed by atoms with Gasteiger partial charge in [-0.15, -0.1) is 0 Å². The molecule has 0 heterocycles. The second-order valence-electron chi connectivity index (χ2n) is 3.61. The Bertz CT molecular complexity index is 435. The molecule has 0 N–H and O–H groups in total. The Labute approximate surface area is 116 Å². The molecule has 0 amide bonds. The minimum absolute atomic E-state index is 0.155. The quantitative estimate of drug-likeness (QED) is 0.624. The van der Waals surface area contributed by atoms with Crippen LogP contribution in [0, 0.1) is 0 Å². The normalized spacial score (nSPS) is 9.72. The number of ether oxygens (including phenoxy) is 2. The van der Waals surface area contributed by atoms with Gasteiger partial charge in [0.05, 0.1) is 12.9 Å². The molecule has 0 bridgehead atoms. The van der Waals surface area contributed by atoms with Gasteiger partial charge in [0.2, 0.25) is 4.38 Å². The fraction of sp³-hybridized carbons (Fsp3) is 0.333. The van der Waals surface area contributed by atoms with Crippen molar-refractivity contribution in [2.75, 3.05) is 31.9 Å². The third-order valence-electron chi connectivity index (χ3n) is 2.07. The summed E-state index contributed by atoms with van der Waals surface area (Å²) < 4.78 is 10.3. The van der Waals surface area contributed by atoms with Gasteiger partial charge in [0.15, 0.2) is 0 Å². The summed E-state index contributed by atoms with van der Waals surface area (Å²) in [5.41, 5.74) is 1.02. The smallest absolute Gasteiger partial charge is 0.316 e. The van der Waals surface area contributed by atoms with Crippen LogP contribution in [-0.4, -0.2) is 37.3 Å². The van der Waals surface area contributed by atoms with Gasteiger partial charge >= 0.3 is 5.97 Å². The number of hydrogen-bond donors (Lipinski definition) is 0. The van der Waals surface area contributed by atoms with Gasteiger partial charge in [0.25, 0.3) is 0 Å². The Morgan fingerprint density at radius 2 is 2.17 bits per heavy atom. The van der Waals surface area contributed by atoms with Crippen LogP contribution in [0.15, 0.2) is 24.3 Å². The van der Waals surface area contributed by atoms with E-state index in [-0.39, 0.29) is 11.7 Å². The first-order chi connectivity index (χ1) is 8.52. The van der Waals surface area contributed by atoms with Crippen LogP contribution in [0.25, 0.3) is 0 Å². The summed E-state index contributed by atoms with van der Waals surface area (Å²) in [6.45, 7) is 0. The second-order valence-corrected chi connectivity index (χ2v) is 5.19. The molecule has 0 atom stereocenters. The molecular formula is C12H15NO3S2. The molecule has 0 unspecified atom stereocenters. The SMILES string of the molecule is COC(=O)CSC(=S)Oc1cccc(N(C)C)c1. The monoisotopic (exact) mass is 285 g/mol. The predicted molar refractivity (Wildman–Crippen MR) is 78.5 cm³/mol. The molecule has 0 aliphatic heterocycles. The van der Waals surface area contributed by atoms with Crippen molar-refractivity contribution in [2.24, 2.45) is 0 Å². The first kappa shape index (κ1) is 14.8. The minimum atomic E-state index is -0.326. The summed E-state index contributed by atoms with van der Waals surface area (Å²) >= 11 is 6.17. The molecule has 6 heteroatoms. The fourth-order valence-corrected chi connectivity index (χ4v) is 1.91. The number of thioether (sulfide) groups is 1. The zero-order valence-electron chi connectivity index (χ0n) is 10.5. The second kappa shape index (κ2) is 7.23. The maximum atomic E-state index is 10.9. The molecule has 18 heavy (non-hydrogen) atoms. The molecule has 0 aliphatic rings. The molecule has 0 saturated heterocycles. The molecule has 0 spiro atoms. The largest absolute Gasteiger partial charge is 0.468 e. The van der Waals surface area contributed by atoms with Crippen molar-refractivity contribution < 1.29 is 14.3 Å². The van der Waals surface area contributed by atoms with E-state index < -0.39 is 0 Å². The molecule has 1 rings (SSSR count). The average Bonchev–Trinajstić information content (AvgIpc) is 2.36. The Balaban J connectivity index is 2.54. The molecule has 0 saturated carbocycles. The number of carbonyl (C=O) groups excluding carboxylic acids is 1. The van der Waals surface area contributed by atoms with Crippen LogP contribution in [0.1, 0.15) is 0 Å². The molecule has 4 nitrogen and oxygen atoms in total. The van der Waals surface area contributed by atoms with Gasteiger partial charge in [-0.05, 0) is 24.4 Å². The van der Waals surface area contributed by atoms with E-state index in [0.29, 0.717) is 10.1 Å². The number of benzene rings is 1. The van der Waals surface area contributed by atoms with Crippen molar-refractivity contribution in [3.8, 4) is 5.75 Å². The number of esters is 1. The number of nitrogens with zero attached hydrogens (tertiary/aromatic N) is 1. The summed E-state index contributed by atoms with van der Waals surface area (Å²) in [5.74, 6) is 0.486. The molecule has 0 fully saturated rings. The van der Waals surface area contributed by atoms with Crippen LogP contribution in [0.3, 0.4) is 0 Å². The lowest BCUT2D eigenvalue weighted by molar-refractivity contribution is -0.137. The van der Waals surface area contributed by atoms with E-state index in [1.54, 1.807) is 0 Å². The van der Waals surface area contributed by atoms with E-state index in [0.717, 1.165) is 17.4 Å². The highest BCUT2D eigenvalue weighted by Crippen LogP contribution is 2.21. The van der Waals surface area contributed by atoms with Crippen LogP contribution in [0.4, 0.5) is 5.69 Å². The van der Waals surface area contributed by atoms with E-state index in [9.17, 15) is 4.79 Å². The topological polar surface area (TPSA) is 38.8 Å². The van der Waals surface area contributed by atoms with Gasteiger partial charge in [-0.2, -0.15) is 0 Å². The Kier molecular flexibility index (Phi) is 5.94. The van der Waals surface area contributed by atoms with Crippen LogP contribution in [-0.2, 0) is 9.53 Å². The highest BCUT2D eigenvalue weighted by molar-refractivity contribution is 8.23. The summed E-state index contributed by atoms with van der Waals surface area (Å²) in [5, 5.41) is 0. The molecule has 1 aromatic rings. The average molecular weight is 285 g/mol. The highest BCUT2D eigenvalue weighted by Gasteiger charge is 2.07. The summed E-state index contributed by atoms with van der Waals surface area (Å²) in [6, 6.07) is 7.55. The lowest BCUT2D eigenvalue weighted by atomic mass is 10.3. The lowest BCUT2D eigenvalue weighted by Crippen LogP contribution is -2.10. The van der Waals surface area contributed by atoms with E-state index >= 15 is 0 Å². The van der Waals surface area contributed by atoms with Crippen LogP contribution in [0.2, 0.25) is 0 Å². The zero-order chi connectivity index (χ0) is 13.5. The van der Waals surface area contributed by atoms with E-state index in [1.807, 2.05) is 43.3 Å². The highest BCUT2D eigenvalue weighted by atomic mass is 32.2. The predicted octanol–water partition coefficient (Wildman–Crippen LogP) is 2.32. The van der Waals surface area contributed by atoms with Crippen molar-refractivity contribution in [1.82, 2.24) is 0 Å². The van der Waals surface area contributed by atoms with Crippen LogP contribution < -0.4 is 9.64 Å². The molecule has 98 valence electrons. The summed E-state index contributed by atoms with van der Waals surface area (Å²) in [7, 11) is 5.24. The number of carbonyl (C=O) groups is 1. The van der Waals surface area contributed by atoms with Crippen molar-refractivity contribution >= 4 is 40.0 Å². The number of thiocarbonyl (C=S) groups is 1. The first-order valence-corrected chi connectivity index (χ1v) is 6.61. The zero-order valence-corrected chi connectivity index (χ0v) is 12.1. The van der Waals surface area contributed by atoms with Crippen molar-refractivity contribution in [1.29, 1.82) is 0 Å². The maximum Gasteiger partial charge on any atom is 0.316 e.